The zero-order valence-corrected chi connectivity index (χ0v) is 17.7. The lowest BCUT2D eigenvalue weighted by atomic mass is 9.82. The molecule has 1 aromatic carbocycles. The van der Waals surface area contributed by atoms with Crippen molar-refractivity contribution in [2.24, 2.45) is 11.1 Å². The Kier molecular flexibility index (Phi) is 4.24. The predicted molar refractivity (Wildman–Crippen MR) is 109 cm³/mol. The average Bonchev–Trinajstić information content (AvgIpc) is 3.34. The van der Waals surface area contributed by atoms with Crippen molar-refractivity contribution in [3.8, 4) is 0 Å². The third-order valence-corrected chi connectivity index (χ3v) is 7.60. The van der Waals surface area contributed by atoms with E-state index in [1.807, 2.05) is 4.90 Å². The molecule has 164 valence electrons. The van der Waals surface area contributed by atoms with E-state index in [4.69, 9.17) is 9.88 Å². The SMILES string of the molecule is COC12C(CO)C3=C(C(=O)C(C)=C(Nc4ccc(S(N)(=O)=O)cc4)C3=O)N1CC1NC12. The lowest BCUT2D eigenvalue weighted by Gasteiger charge is -2.39. The fraction of sp³-hybridized carbons (Fsp3) is 0.400. The average molecular weight is 446 g/mol. The Bertz CT molecular complexity index is 1190. The van der Waals surface area contributed by atoms with E-state index in [1.54, 1.807) is 6.92 Å². The quantitative estimate of drug-likeness (QED) is 0.330. The van der Waals surface area contributed by atoms with Gasteiger partial charge in [-0.3, -0.25) is 9.59 Å². The second-order valence-corrected chi connectivity index (χ2v) is 9.73. The van der Waals surface area contributed by atoms with E-state index in [-0.39, 0.29) is 52.0 Å². The minimum atomic E-state index is -3.85. The number of aliphatic hydroxyl groups is 1. The van der Waals surface area contributed by atoms with Crippen LogP contribution in [0.15, 0.2) is 51.7 Å². The highest BCUT2D eigenvalue weighted by atomic mass is 32.2. The van der Waals surface area contributed by atoms with Gasteiger partial charge in [0, 0.05) is 36.5 Å². The molecule has 10 nitrogen and oxygen atoms in total. The van der Waals surface area contributed by atoms with Gasteiger partial charge in [0.05, 0.1) is 34.9 Å². The molecule has 0 saturated carbocycles. The molecule has 2 saturated heterocycles. The van der Waals surface area contributed by atoms with Crippen molar-refractivity contribution in [3.63, 3.8) is 0 Å². The van der Waals surface area contributed by atoms with Crippen molar-refractivity contribution in [1.29, 1.82) is 0 Å². The molecule has 1 aromatic rings. The molecule has 0 aromatic heterocycles. The maximum atomic E-state index is 13.5. The van der Waals surface area contributed by atoms with Crippen LogP contribution in [0.1, 0.15) is 6.92 Å². The molecular formula is C20H22N4O6S. The fourth-order valence-corrected chi connectivity index (χ4v) is 5.68. The first-order chi connectivity index (χ1) is 14.6. The van der Waals surface area contributed by atoms with Gasteiger partial charge in [0.15, 0.2) is 5.72 Å². The number of nitrogens with two attached hydrogens (primary N) is 1. The van der Waals surface area contributed by atoms with Gasteiger partial charge in [-0.25, -0.2) is 13.6 Å². The number of hydrogen-bond acceptors (Lipinski definition) is 9. The molecule has 2 fully saturated rings. The summed E-state index contributed by atoms with van der Waals surface area (Å²) in [6.07, 6.45) is 0. The third kappa shape index (κ3) is 2.61. The fourth-order valence-electron chi connectivity index (χ4n) is 5.17. The Balaban J connectivity index is 1.52. The monoisotopic (exact) mass is 446 g/mol. The summed E-state index contributed by atoms with van der Waals surface area (Å²) in [6.45, 7) is 1.75. The number of nitrogens with one attached hydrogen (secondary N) is 2. The number of fused-ring (bicyclic) bond motifs is 4. The summed E-state index contributed by atoms with van der Waals surface area (Å²) in [6, 6.07) is 5.65. The number of carbonyl (C=O) groups excluding carboxylic acids is 2. The van der Waals surface area contributed by atoms with Crippen molar-refractivity contribution in [2.75, 3.05) is 25.6 Å². The second-order valence-electron chi connectivity index (χ2n) is 8.17. The van der Waals surface area contributed by atoms with Crippen LogP contribution in [0, 0.1) is 5.92 Å². The minimum absolute atomic E-state index is 0.0647. The van der Waals surface area contributed by atoms with Crippen LogP contribution in [-0.2, 0) is 24.3 Å². The molecule has 4 atom stereocenters. The number of benzene rings is 1. The molecule has 0 spiro atoms. The number of hydrogen-bond donors (Lipinski definition) is 4. The van der Waals surface area contributed by atoms with E-state index in [0.717, 1.165) is 0 Å². The number of methoxy groups -OCH3 is 1. The lowest BCUT2D eigenvalue weighted by molar-refractivity contribution is -0.137. The molecule has 3 aliphatic heterocycles. The number of sulfonamides is 1. The molecule has 3 heterocycles. The highest BCUT2D eigenvalue weighted by Gasteiger charge is 2.72. The Morgan fingerprint density at radius 1 is 1.29 bits per heavy atom. The first-order valence-corrected chi connectivity index (χ1v) is 11.3. The van der Waals surface area contributed by atoms with Crippen LogP contribution in [0.5, 0.6) is 0 Å². The Morgan fingerprint density at radius 2 is 1.97 bits per heavy atom. The van der Waals surface area contributed by atoms with Crippen LogP contribution in [0.2, 0.25) is 0 Å². The highest BCUT2D eigenvalue weighted by Crippen LogP contribution is 2.55. The minimum Gasteiger partial charge on any atom is -0.396 e. The summed E-state index contributed by atoms with van der Waals surface area (Å²) < 4.78 is 28.8. The molecule has 0 amide bonds. The van der Waals surface area contributed by atoms with Gasteiger partial charge < -0.3 is 25.4 Å². The van der Waals surface area contributed by atoms with Gasteiger partial charge in [-0.2, -0.15) is 0 Å². The van der Waals surface area contributed by atoms with Gasteiger partial charge in [0.2, 0.25) is 21.6 Å². The van der Waals surface area contributed by atoms with Gasteiger partial charge in [0.1, 0.15) is 0 Å². The zero-order valence-electron chi connectivity index (χ0n) is 16.9. The number of ketones is 2. The van der Waals surface area contributed by atoms with Crippen LogP contribution in [0.25, 0.3) is 0 Å². The topological polar surface area (TPSA) is 161 Å². The van der Waals surface area contributed by atoms with Crippen molar-refractivity contribution in [3.05, 3.63) is 46.8 Å². The number of allylic oxidation sites excluding steroid dienone is 2. The van der Waals surface area contributed by atoms with E-state index in [2.05, 4.69) is 10.6 Å². The van der Waals surface area contributed by atoms with Gasteiger partial charge in [0.25, 0.3) is 0 Å². The van der Waals surface area contributed by atoms with Gasteiger partial charge >= 0.3 is 0 Å². The molecule has 5 rings (SSSR count). The molecule has 5 N–H and O–H groups in total. The maximum Gasteiger partial charge on any atom is 0.238 e. The van der Waals surface area contributed by atoms with E-state index in [1.165, 1.54) is 31.4 Å². The summed E-state index contributed by atoms with van der Waals surface area (Å²) in [5.41, 5.74) is 0.344. The van der Waals surface area contributed by atoms with E-state index < -0.39 is 21.7 Å². The number of aliphatic hydroxyl groups excluding tert-OH is 1. The van der Waals surface area contributed by atoms with Crippen molar-refractivity contribution < 1.29 is 27.9 Å². The normalized spacial score (nSPS) is 31.7. The molecule has 4 unspecified atom stereocenters. The molecule has 31 heavy (non-hydrogen) atoms. The predicted octanol–water partition coefficient (Wildman–Crippen LogP) is -0.953. The number of rotatable bonds is 5. The summed E-state index contributed by atoms with van der Waals surface area (Å²) in [5, 5.41) is 21.6. The molecule has 0 bridgehead atoms. The maximum absolute atomic E-state index is 13.5. The Labute approximate surface area is 178 Å². The van der Waals surface area contributed by atoms with Crippen LogP contribution < -0.4 is 15.8 Å². The summed E-state index contributed by atoms with van der Waals surface area (Å²) in [7, 11) is -2.32. The molecule has 1 aliphatic carbocycles. The second kappa shape index (κ2) is 6.47. The number of carbonyl (C=O) groups is 2. The lowest BCUT2D eigenvalue weighted by Crippen LogP contribution is -2.54. The van der Waals surface area contributed by atoms with E-state index in [9.17, 15) is 23.1 Å². The zero-order chi connectivity index (χ0) is 22.3. The first kappa shape index (κ1) is 20.3. The van der Waals surface area contributed by atoms with Crippen LogP contribution >= 0.6 is 0 Å². The van der Waals surface area contributed by atoms with Crippen molar-refractivity contribution >= 4 is 27.3 Å². The van der Waals surface area contributed by atoms with E-state index in [0.29, 0.717) is 17.9 Å². The Morgan fingerprint density at radius 3 is 2.55 bits per heavy atom. The molecule has 11 heteroatoms. The molecule has 0 radical (unpaired) electrons. The van der Waals surface area contributed by atoms with Gasteiger partial charge in [-0.1, -0.05) is 0 Å². The van der Waals surface area contributed by atoms with Gasteiger partial charge in [-0.15, -0.1) is 0 Å². The number of primary sulfonamides is 1. The summed E-state index contributed by atoms with van der Waals surface area (Å²) in [5.74, 6) is -1.36. The highest BCUT2D eigenvalue weighted by molar-refractivity contribution is 7.89. The standard InChI is InChI=1S/C20H22N4O6S/c1-9-15(22-10-3-5-11(6-4-10)31(21,28)29)18(27)14-12(8-25)20(30-2)19-13(23-19)7-24(20)16(14)17(9)26/h3-6,12-13,19,22-23,25H,7-8H2,1-2H3,(H2,21,28,29). The Hall–Kier alpha value is -2.57. The third-order valence-electron chi connectivity index (χ3n) is 6.67. The largest absolute Gasteiger partial charge is 0.396 e. The number of anilines is 1. The van der Waals surface area contributed by atoms with Crippen LogP contribution in [0.3, 0.4) is 0 Å². The van der Waals surface area contributed by atoms with Gasteiger partial charge in [-0.05, 0) is 31.2 Å². The molecule has 4 aliphatic rings. The molecular weight excluding hydrogens is 424 g/mol. The van der Waals surface area contributed by atoms with Crippen LogP contribution in [0.4, 0.5) is 5.69 Å². The summed E-state index contributed by atoms with van der Waals surface area (Å²) >= 11 is 0. The van der Waals surface area contributed by atoms with Crippen LogP contribution in [-0.4, -0.2) is 68.1 Å². The number of nitrogens with zero attached hydrogens (tertiary/aromatic N) is 1. The van der Waals surface area contributed by atoms with Crippen molar-refractivity contribution in [2.45, 2.75) is 29.6 Å². The number of ether oxygens (including phenoxy) is 1. The number of piperazine rings is 1. The van der Waals surface area contributed by atoms with E-state index >= 15 is 0 Å². The number of Topliss-reactive ketones (excluding diaryl/α,β-unsaturated/α-hetero) is 2. The first-order valence-electron chi connectivity index (χ1n) is 9.79. The smallest absolute Gasteiger partial charge is 0.238 e. The van der Waals surface area contributed by atoms with Crippen molar-refractivity contribution in [1.82, 2.24) is 10.2 Å². The summed E-state index contributed by atoms with van der Waals surface area (Å²) in [4.78, 5) is 28.6.